The molecule has 0 amide bonds. The number of hydrogen-bond acceptors (Lipinski definition) is 7. The minimum absolute atomic E-state index is 0.171. The van der Waals surface area contributed by atoms with Crippen LogP contribution in [-0.4, -0.2) is 28.0 Å². The number of alkyl halides is 1. The number of esters is 2. The molecule has 2 aliphatic heterocycles. The Bertz CT molecular complexity index is 657. The average Bonchev–Trinajstić information content (AvgIpc) is 2.71. The Morgan fingerprint density at radius 1 is 1.19 bits per heavy atom. The number of carbonyl (C=O) groups excluding carboxylic acids is 3. The number of fused-ring (bicyclic) bond motifs is 1. The number of hydrazine groups is 1. The van der Waals surface area contributed by atoms with Gasteiger partial charge < -0.3 is 15.3 Å². The molecule has 21 heavy (non-hydrogen) atoms. The maximum absolute atomic E-state index is 11.0. The van der Waals surface area contributed by atoms with E-state index >= 15 is 0 Å². The van der Waals surface area contributed by atoms with Crippen LogP contribution in [0, 0.1) is 0 Å². The molecule has 0 fully saturated rings. The van der Waals surface area contributed by atoms with Gasteiger partial charge >= 0.3 is 11.9 Å². The lowest BCUT2D eigenvalue weighted by Crippen LogP contribution is -2.54. The SMILES string of the molecule is O=C1C=CNNC1(O)Cl.O=C1OC(=O)c2c(Cl)cccc21. The standard InChI is InChI=1S/C8H3ClO3.C4H5ClN2O2/c9-5-3-1-2-4-6(5)8(11)12-7(4)10;5-4(9)3(8)1-2-6-7-4/h1-3H;1-2,6-7,9H. The zero-order valence-corrected chi connectivity index (χ0v) is 11.7. The molecule has 1 aromatic rings. The zero-order valence-electron chi connectivity index (χ0n) is 10.2. The van der Waals surface area contributed by atoms with Crippen molar-refractivity contribution in [2.24, 2.45) is 0 Å². The number of benzene rings is 1. The summed E-state index contributed by atoms with van der Waals surface area (Å²) in [6.07, 6.45) is 2.49. The third kappa shape index (κ3) is 3.22. The van der Waals surface area contributed by atoms with Crippen molar-refractivity contribution < 1.29 is 24.2 Å². The molecular weight excluding hydrogens is 323 g/mol. The summed E-state index contributed by atoms with van der Waals surface area (Å²) in [5, 5.41) is 7.11. The van der Waals surface area contributed by atoms with Gasteiger partial charge in [0.1, 0.15) is 0 Å². The van der Waals surface area contributed by atoms with Crippen molar-refractivity contribution in [1.29, 1.82) is 0 Å². The summed E-state index contributed by atoms with van der Waals surface area (Å²) in [5.41, 5.74) is 4.93. The Hall–Kier alpha value is -1.93. The number of rotatable bonds is 0. The molecule has 1 atom stereocenters. The largest absolute Gasteiger partial charge is 0.386 e. The van der Waals surface area contributed by atoms with Crippen LogP contribution < -0.4 is 10.9 Å². The third-order valence-corrected chi connectivity index (χ3v) is 3.10. The second kappa shape index (κ2) is 5.82. The average molecular weight is 331 g/mol. The zero-order chi connectivity index (χ0) is 15.6. The highest BCUT2D eigenvalue weighted by molar-refractivity contribution is 6.36. The smallest absolute Gasteiger partial charge is 0.348 e. The van der Waals surface area contributed by atoms with Gasteiger partial charge in [-0.3, -0.25) is 4.79 Å². The molecule has 2 aliphatic rings. The van der Waals surface area contributed by atoms with Gasteiger partial charge in [-0.1, -0.05) is 29.3 Å². The molecule has 0 bridgehead atoms. The lowest BCUT2D eigenvalue weighted by Gasteiger charge is -2.21. The Kier molecular flexibility index (Phi) is 4.29. The van der Waals surface area contributed by atoms with Crippen LogP contribution in [0.2, 0.25) is 5.02 Å². The van der Waals surface area contributed by atoms with Crippen molar-refractivity contribution in [1.82, 2.24) is 10.9 Å². The first kappa shape index (κ1) is 15.5. The second-order valence-corrected chi connectivity index (χ2v) is 4.88. The van der Waals surface area contributed by atoms with Crippen LogP contribution in [0.15, 0.2) is 30.5 Å². The Morgan fingerprint density at radius 2 is 1.90 bits per heavy atom. The van der Waals surface area contributed by atoms with Crippen LogP contribution in [0.25, 0.3) is 0 Å². The molecule has 110 valence electrons. The van der Waals surface area contributed by atoms with Crippen molar-refractivity contribution in [2.45, 2.75) is 5.18 Å². The van der Waals surface area contributed by atoms with E-state index in [9.17, 15) is 14.4 Å². The van der Waals surface area contributed by atoms with Gasteiger partial charge in [-0.2, -0.15) is 5.43 Å². The molecule has 7 nitrogen and oxygen atoms in total. The number of halogens is 2. The highest BCUT2D eigenvalue weighted by Crippen LogP contribution is 2.26. The maximum atomic E-state index is 11.0. The number of ether oxygens (including phenoxy) is 1. The van der Waals surface area contributed by atoms with Gasteiger partial charge in [0.15, 0.2) is 0 Å². The van der Waals surface area contributed by atoms with Crippen molar-refractivity contribution in [3.63, 3.8) is 0 Å². The number of nitrogens with one attached hydrogen (secondary N) is 2. The summed E-state index contributed by atoms with van der Waals surface area (Å²) in [6, 6.07) is 4.65. The summed E-state index contributed by atoms with van der Waals surface area (Å²) in [7, 11) is 0. The monoisotopic (exact) mass is 330 g/mol. The molecule has 9 heteroatoms. The van der Waals surface area contributed by atoms with Gasteiger partial charge in [-0.05, 0) is 12.1 Å². The predicted octanol–water partition coefficient (Wildman–Crippen LogP) is 0.712. The summed E-state index contributed by atoms with van der Waals surface area (Å²) in [5.74, 6) is -1.87. The fourth-order valence-electron chi connectivity index (χ4n) is 1.52. The van der Waals surface area contributed by atoms with Crippen molar-refractivity contribution in [2.75, 3.05) is 0 Å². The highest BCUT2D eigenvalue weighted by Gasteiger charge is 2.32. The van der Waals surface area contributed by atoms with Crippen LogP contribution in [0.3, 0.4) is 0 Å². The molecular formula is C12H8Cl2N2O5. The third-order valence-electron chi connectivity index (χ3n) is 2.51. The molecule has 0 spiro atoms. The number of hydrogen-bond donors (Lipinski definition) is 3. The molecule has 0 saturated heterocycles. The van der Waals surface area contributed by atoms with E-state index in [1.165, 1.54) is 12.3 Å². The topological polar surface area (TPSA) is 105 Å². The van der Waals surface area contributed by atoms with E-state index in [0.717, 1.165) is 6.08 Å². The molecule has 3 rings (SSSR count). The van der Waals surface area contributed by atoms with Crippen LogP contribution in [0.4, 0.5) is 0 Å². The number of cyclic esters (lactones) is 2. The molecule has 0 aliphatic carbocycles. The van der Waals surface area contributed by atoms with Crippen molar-refractivity contribution in [3.8, 4) is 0 Å². The molecule has 3 N–H and O–H groups in total. The molecule has 0 radical (unpaired) electrons. The van der Waals surface area contributed by atoms with E-state index < -0.39 is 22.9 Å². The maximum Gasteiger partial charge on any atom is 0.348 e. The van der Waals surface area contributed by atoms with Crippen molar-refractivity contribution >= 4 is 40.9 Å². The minimum Gasteiger partial charge on any atom is -0.386 e. The lowest BCUT2D eigenvalue weighted by molar-refractivity contribution is -0.128. The summed E-state index contributed by atoms with van der Waals surface area (Å²) < 4.78 is 4.35. The molecule has 2 heterocycles. The first-order valence-corrected chi connectivity index (χ1v) is 6.28. The number of carbonyl (C=O) groups is 3. The molecule has 1 aromatic carbocycles. The van der Waals surface area contributed by atoms with Gasteiger partial charge in [-0.15, -0.1) is 0 Å². The first-order chi connectivity index (χ1) is 9.83. The highest BCUT2D eigenvalue weighted by atomic mass is 35.5. The Labute approximate surface area is 128 Å². The summed E-state index contributed by atoms with van der Waals surface area (Å²) in [4.78, 5) is 32.4. The van der Waals surface area contributed by atoms with Crippen LogP contribution in [0.1, 0.15) is 20.7 Å². The molecule has 1 unspecified atom stereocenters. The fourth-order valence-corrected chi connectivity index (χ4v) is 1.89. The van der Waals surface area contributed by atoms with Gasteiger partial charge in [0, 0.05) is 12.3 Å². The lowest BCUT2D eigenvalue weighted by atomic mass is 10.1. The Morgan fingerprint density at radius 3 is 2.43 bits per heavy atom. The molecule has 0 saturated carbocycles. The second-order valence-electron chi connectivity index (χ2n) is 3.93. The van der Waals surface area contributed by atoms with Gasteiger partial charge in [-0.25, -0.2) is 9.59 Å². The fraction of sp³-hybridized carbons (Fsp3) is 0.0833. The van der Waals surface area contributed by atoms with Gasteiger partial charge in [0.05, 0.1) is 16.1 Å². The van der Waals surface area contributed by atoms with Crippen LogP contribution in [-0.2, 0) is 9.53 Å². The predicted molar refractivity (Wildman–Crippen MR) is 72.4 cm³/mol. The number of aliphatic hydroxyl groups is 1. The van der Waals surface area contributed by atoms with E-state index in [1.807, 2.05) is 0 Å². The molecule has 0 aromatic heterocycles. The minimum atomic E-state index is -1.98. The van der Waals surface area contributed by atoms with Gasteiger partial charge in [0.2, 0.25) is 5.78 Å². The normalized spacial score (nSPS) is 22.9. The van der Waals surface area contributed by atoms with Gasteiger partial charge in [0.25, 0.3) is 5.18 Å². The first-order valence-electron chi connectivity index (χ1n) is 5.53. The summed E-state index contributed by atoms with van der Waals surface area (Å²) >= 11 is 10.9. The van der Waals surface area contributed by atoms with E-state index in [-0.39, 0.29) is 16.1 Å². The van der Waals surface area contributed by atoms with E-state index in [1.54, 1.807) is 12.1 Å². The van der Waals surface area contributed by atoms with E-state index in [4.69, 9.17) is 28.3 Å². The summed E-state index contributed by atoms with van der Waals surface area (Å²) in [6.45, 7) is 0. The quantitative estimate of drug-likeness (QED) is 0.278. The van der Waals surface area contributed by atoms with E-state index in [2.05, 4.69) is 15.6 Å². The van der Waals surface area contributed by atoms with Crippen molar-refractivity contribution in [3.05, 3.63) is 46.6 Å². The van der Waals surface area contributed by atoms with Crippen LogP contribution >= 0.6 is 23.2 Å². The number of ketones is 1. The van der Waals surface area contributed by atoms with E-state index in [0.29, 0.717) is 0 Å². The Balaban J connectivity index is 0.000000161. The van der Waals surface area contributed by atoms with Crippen LogP contribution in [0.5, 0.6) is 0 Å².